The highest BCUT2D eigenvalue weighted by Crippen LogP contribution is 2.31. The van der Waals surface area contributed by atoms with E-state index in [1.807, 2.05) is 0 Å². The fourth-order valence-electron chi connectivity index (χ4n) is 1.30. The Bertz CT molecular complexity index is 53.9. The van der Waals surface area contributed by atoms with Gasteiger partial charge in [-0.05, 0) is 24.7 Å². The van der Waals surface area contributed by atoms with E-state index in [0.29, 0.717) is 0 Å². The first kappa shape index (κ1) is 11.8. The van der Waals surface area contributed by atoms with Crippen LogP contribution in [0.5, 0.6) is 0 Å². The van der Waals surface area contributed by atoms with Gasteiger partial charge in [0.05, 0.1) is 0 Å². The maximum atomic E-state index is 5.33. The highest BCUT2D eigenvalue weighted by Gasteiger charge is 2.19. The molecule has 0 saturated heterocycles. The highest BCUT2D eigenvalue weighted by molar-refractivity contribution is 7.45. The Morgan fingerprint density at radius 2 is 1.33 bits per heavy atom. The summed E-state index contributed by atoms with van der Waals surface area (Å²) in [4.78, 5) is 0. The van der Waals surface area contributed by atoms with Crippen LogP contribution in [0.4, 0.5) is 0 Å². The molecule has 1 fully saturated rings. The third-order valence-corrected chi connectivity index (χ3v) is 1.61. The van der Waals surface area contributed by atoms with Gasteiger partial charge in [0.2, 0.25) is 0 Å². The largest absolute Gasteiger partial charge is 0.235 e. The van der Waals surface area contributed by atoms with Crippen LogP contribution in [0.3, 0.4) is 0 Å². The fourth-order valence-corrected chi connectivity index (χ4v) is 1.30. The molecular formula is C7H17NS. The lowest BCUT2D eigenvalue weighted by atomic mass is 9.78. The van der Waals surface area contributed by atoms with Crippen molar-refractivity contribution in [1.29, 1.82) is 4.78 Å². The van der Waals surface area contributed by atoms with Crippen LogP contribution in [-0.4, -0.2) is 0 Å². The van der Waals surface area contributed by atoms with Crippen LogP contribution < -0.4 is 0 Å². The van der Waals surface area contributed by atoms with Crippen LogP contribution in [-0.2, 0) is 12.4 Å². The van der Waals surface area contributed by atoms with Gasteiger partial charge in [-0.3, -0.25) is 0 Å². The van der Waals surface area contributed by atoms with E-state index in [1.165, 1.54) is 12.8 Å². The lowest BCUT2D eigenvalue weighted by molar-refractivity contribution is 0.233. The Labute approximate surface area is 63.8 Å². The molecule has 1 saturated carbocycles. The Kier molecular flexibility index (Phi) is 8.04. The quantitative estimate of drug-likeness (QED) is 0.559. The van der Waals surface area contributed by atoms with Gasteiger partial charge >= 0.3 is 0 Å². The smallest absolute Gasteiger partial charge is 0.0324 e. The van der Waals surface area contributed by atoms with Gasteiger partial charge in [-0.15, -0.1) is 0 Å². The molecule has 1 nitrogen and oxygen atoms in total. The van der Waals surface area contributed by atoms with E-state index < -0.39 is 0 Å². The van der Waals surface area contributed by atoms with Crippen molar-refractivity contribution in [3.05, 3.63) is 0 Å². The highest BCUT2D eigenvalue weighted by atomic mass is 32.1. The van der Waals surface area contributed by atoms with Gasteiger partial charge in [0.1, 0.15) is 0 Å². The summed E-state index contributed by atoms with van der Waals surface area (Å²) in [5, 5.41) is 0. The molecule has 0 atom stereocenters. The molecule has 1 aliphatic rings. The summed E-state index contributed by atoms with van der Waals surface area (Å²) >= 11 is 3.33. The molecule has 0 aliphatic heterocycles. The average Bonchev–Trinajstić information content (AvgIpc) is 1.70. The second kappa shape index (κ2) is 6.14. The molecule has 0 unspecified atom stereocenters. The van der Waals surface area contributed by atoms with E-state index in [1.54, 1.807) is 0 Å². The van der Waals surface area contributed by atoms with E-state index in [2.05, 4.69) is 26.3 Å². The SMILES string of the molecule is C.CC1CC(C)C1.N=S. The minimum Gasteiger partial charge on any atom is -0.235 e. The van der Waals surface area contributed by atoms with Crippen molar-refractivity contribution < 1.29 is 0 Å². The molecule has 2 heteroatoms. The van der Waals surface area contributed by atoms with E-state index >= 15 is 0 Å². The van der Waals surface area contributed by atoms with Gasteiger partial charge in [-0.25, -0.2) is 4.78 Å². The van der Waals surface area contributed by atoms with Crippen LogP contribution in [0.15, 0.2) is 0 Å². The molecular weight excluding hydrogens is 130 g/mol. The molecule has 1 rings (SSSR count). The number of nitrogens with one attached hydrogen (secondary N) is 1. The predicted molar refractivity (Wildman–Crippen MR) is 44.4 cm³/mol. The third-order valence-electron chi connectivity index (χ3n) is 1.61. The van der Waals surface area contributed by atoms with Gasteiger partial charge in [0.15, 0.2) is 0 Å². The van der Waals surface area contributed by atoms with Gasteiger partial charge in [0, 0.05) is 12.4 Å². The normalized spacial score (nSPS) is 30.4. The van der Waals surface area contributed by atoms with E-state index in [-0.39, 0.29) is 7.43 Å². The van der Waals surface area contributed by atoms with Crippen molar-refractivity contribution in [2.75, 3.05) is 0 Å². The first-order valence-corrected chi connectivity index (χ1v) is 3.40. The van der Waals surface area contributed by atoms with Crippen molar-refractivity contribution in [2.45, 2.75) is 34.1 Å². The van der Waals surface area contributed by atoms with Crippen LogP contribution in [0.2, 0.25) is 0 Å². The Morgan fingerprint density at radius 1 is 1.11 bits per heavy atom. The van der Waals surface area contributed by atoms with Crippen LogP contribution in [0.25, 0.3) is 0 Å². The maximum Gasteiger partial charge on any atom is 0.0324 e. The fraction of sp³-hybridized carbons (Fsp3) is 1.00. The van der Waals surface area contributed by atoms with Gasteiger partial charge in [0.25, 0.3) is 0 Å². The molecule has 56 valence electrons. The summed E-state index contributed by atoms with van der Waals surface area (Å²) in [6.45, 7) is 4.64. The molecule has 0 aromatic heterocycles. The second-order valence-corrected chi connectivity index (χ2v) is 2.68. The molecule has 0 heterocycles. The Morgan fingerprint density at radius 3 is 1.33 bits per heavy atom. The summed E-state index contributed by atoms with van der Waals surface area (Å²) in [5.41, 5.74) is 0. The molecule has 0 aromatic carbocycles. The summed E-state index contributed by atoms with van der Waals surface area (Å²) in [6, 6.07) is 0. The maximum absolute atomic E-state index is 5.33. The first-order valence-electron chi connectivity index (χ1n) is 2.99. The van der Waals surface area contributed by atoms with Crippen molar-refractivity contribution in [1.82, 2.24) is 0 Å². The van der Waals surface area contributed by atoms with E-state index in [0.717, 1.165) is 11.8 Å². The second-order valence-electron chi connectivity index (χ2n) is 2.68. The number of hydrogen-bond acceptors (Lipinski definition) is 2. The van der Waals surface area contributed by atoms with Gasteiger partial charge < -0.3 is 0 Å². The number of hydrogen-bond donors (Lipinski definition) is 1. The molecule has 1 N–H and O–H groups in total. The molecule has 0 radical (unpaired) electrons. The molecule has 0 spiro atoms. The lowest BCUT2D eigenvalue weighted by Crippen LogP contribution is -2.16. The van der Waals surface area contributed by atoms with Crippen molar-refractivity contribution in [2.24, 2.45) is 11.8 Å². The van der Waals surface area contributed by atoms with E-state index in [9.17, 15) is 0 Å². The van der Waals surface area contributed by atoms with Crippen LogP contribution in [0.1, 0.15) is 34.1 Å². The zero-order valence-corrected chi connectivity index (χ0v) is 6.29. The van der Waals surface area contributed by atoms with Crippen LogP contribution >= 0.6 is 0 Å². The minimum absolute atomic E-state index is 0. The zero-order valence-electron chi connectivity index (χ0n) is 5.48. The standard InChI is InChI=1S/C6H12.CH4.HNS/c1-5-3-6(2)4-5;;1-2/h5-6H,3-4H2,1-2H3;1H4;1H. The van der Waals surface area contributed by atoms with Crippen molar-refractivity contribution in [3.63, 3.8) is 0 Å². The monoisotopic (exact) mass is 147 g/mol. The lowest BCUT2D eigenvalue weighted by Gasteiger charge is -2.28. The Balaban J connectivity index is 0. The minimum atomic E-state index is 0. The van der Waals surface area contributed by atoms with Crippen molar-refractivity contribution >= 4 is 12.4 Å². The molecule has 0 amide bonds. The topological polar surface area (TPSA) is 23.9 Å². The summed E-state index contributed by atoms with van der Waals surface area (Å²) in [6.07, 6.45) is 2.94. The Hall–Kier alpha value is 0.0200. The molecule has 0 aromatic rings. The summed E-state index contributed by atoms with van der Waals surface area (Å²) in [5.74, 6) is 2.08. The van der Waals surface area contributed by atoms with E-state index in [4.69, 9.17) is 4.78 Å². The number of rotatable bonds is 0. The summed E-state index contributed by atoms with van der Waals surface area (Å²) in [7, 11) is 0. The van der Waals surface area contributed by atoms with Gasteiger partial charge in [-0.2, -0.15) is 0 Å². The predicted octanol–water partition coefficient (Wildman–Crippen LogP) is 2.98. The van der Waals surface area contributed by atoms with Gasteiger partial charge in [-0.1, -0.05) is 21.3 Å². The zero-order chi connectivity index (χ0) is 6.57. The van der Waals surface area contributed by atoms with Crippen molar-refractivity contribution in [3.8, 4) is 0 Å². The first-order chi connectivity index (χ1) is 3.79. The van der Waals surface area contributed by atoms with Crippen LogP contribution in [0, 0.1) is 16.6 Å². The third kappa shape index (κ3) is 4.52. The average molecular weight is 147 g/mol. The summed E-state index contributed by atoms with van der Waals surface area (Å²) < 4.78 is 5.33. The molecule has 0 bridgehead atoms. The molecule has 9 heavy (non-hydrogen) atoms. The molecule has 1 aliphatic carbocycles.